The van der Waals surface area contributed by atoms with Crippen molar-refractivity contribution >= 4 is 0 Å². The molecule has 1 aromatic heterocycles. The van der Waals surface area contributed by atoms with E-state index in [9.17, 15) is 0 Å². The molecule has 2 rings (SSSR count). The molecule has 0 amide bonds. The largest absolute Gasteiger partial charge is 0.352 e. The molecule has 1 aromatic rings. The van der Waals surface area contributed by atoms with Crippen LogP contribution in [0.4, 0.5) is 0 Å². The van der Waals surface area contributed by atoms with Crippen molar-refractivity contribution < 1.29 is 0 Å². The Morgan fingerprint density at radius 1 is 1.18 bits per heavy atom. The van der Waals surface area contributed by atoms with Crippen LogP contribution in [0, 0.1) is 24.7 Å². The highest BCUT2D eigenvalue weighted by Crippen LogP contribution is 2.62. The zero-order chi connectivity index (χ0) is 13.0. The predicted octanol–water partition coefficient (Wildman–Crippen LogP) is 3.17. The Morgan fingerprint density at radius 2 is 1.71 bits per heavy atom. The molecular formula is C15H26N2. The maximum absolute atomic E-state index is 3.72. The van der Waals surface area contributed by atoms with Crippen LogP contribution in [-0.4, -0.2) is 10.6 Å². The third-order valence-corrected chi connectivity index (χ3v) is 5.40. The van der Waals surface area contributed by atoms with Crippen LogP contribution in [0.2, 0.25) is 0 Å². The second-order valence-electron chi connectivity index (χ2n) is 6.71. The molecule has 0 saturated heterocycles. The maximum Gasteiger partial charge on any atom is 0.0226 e. The van der Waals surface area contributed by atoms with Crippen LogP contribution in [-0.2, 0) is 13.6 Å². The van der Waals surface area contributed by atoms with Crippen LogP contribution in [0.1, 0.15) is 44.6 Å². The van der Waals surface area contributed by atoms with Gasteiger partial charge in [-0.05, 0) is 36.3 Å². The average molecular weight is 234 g/mol. The lowest BCUT2D eigenvalue weighted by Gasteiger charge is -2.07. The summed E-state index contributed by atoms with van der Waals surface area (Å²) < 4.78 is 2.26. The predicted molar refractivity (Wildman–Crippen MR) is 73.1 cm³/mol. The Bertz CT molecular complexity index is 424. The van der Waals surface area contributed by atoms with Crippen LogP contribution in [0.3, 0.4) is 0 Å². The summed E-state index contributed by atoms with van der Waals surface area (Å²) in [5.41, 5.74) is 5.00. The van der Waals surface area contributed by atoms with Crippen molar-refractivity contribution in [2.75, 3.05) is 0 Å². The van der Waals surface area contributed by atoms with Crippen LogP contribution in [0.15, 0.2) is 6.07 Å². The normalized spacial score (nSPS) is 21.8. The van der Waals surface area contributed by atoms with Crippen molar-refractivity contribution in [3.8, 4) is 0 Å². The van der Waals surface area contributed by atoms with E-state index in [-0.39, 0.29) is 0 Å². The van der Waals surface area contributed by atoms with E-state index in [4.69, 9.17) is 0 Å². The molecule has 0 aromatic carbocycles. The van der Waals surface area contributed by atoms with E-state index >= 15 is 0 Å². The third kappa shape index (κ3) is 1.74. The topological polar surface area (TPSA) is 17.0 Å². The fourth-order valence-corrected chi connectivity index (χ4v) is 3.03. The molecular weight excluding hydrogens is 208 g/mol. The number of aryl methyl sites for hydroxylation is 1. The van der Waals surface area contributed by atoms with E-state index in [1.807, 2.05) is 0 Å². The van der Waals surface area contributed by atoms with Gasteiger partial charge in [0.15, 0.2) is 0 Å². The van der Waals surface area contributed by atoms with Gasteiger partial charge in [0.2, 0.25) is 0 Å². The molecule has 1 aliphatic carbocycles. The number of hydrogen-bond acceptors (Lipinski definition) is 1. The molecule has 0 unspecified atom stereocenters. The minimum atomic E-state index is 0.421. The highest BCUT2D eigenvalue weighted by atomic mass is 15.0. The van der Waals surface area contributed by atoms with Crippen LogP contribution in [0.25, 0.3) is 0 Å². The zero-order valence-corrected chi connectivity index (χ0v) is 12.3. The monoisotopic (exact) mass is 234 g/mol. The van der Waals surface area contributed by atoms with Crippen molar-refractivity contribution in [1.29, 1.82) is 0 Å². The second kappa shape index (κ2) is 3.61. The third-order valence-electron chi connectivity index (χ3n) is 5.40. The lowest BCUT2D eigenvalue weighted by Crippen LogP contribution is -2.21. The Morgan fingerprint density at radius 3 is 2.06 bits per heavy atom. The van der Waals surface area contributed by atoms with Gasteiger partial charge in [0, 0.05) is 31.0 Å². The van der Waals surface area contributed by atoms with Gasteiger partial charge in [0.1, 0.15) is 0 Å². The maximum atomic E-state index is 3.72. The fourth-order valence-electron chi connectivity index (χ4n) is 3.03. The molecule has 0 spiro atoms. The van der Waals surface area contributed by atoms with Gasteiger partial charge in [0.05, 0.1) is 0 Å². The Labute approximate surface area is 105 Å². The van der Waals surface area contributed by atoms with E-state index < -0.39 is 0 Å². The van der Waals surface area contributed by atoms with E-state index in [2.05, 4.69) is 64.5 Å². The molecule has 0 radical (unpaired) electrons. The fraction of sp³-hybridized carbons (Fsp3) is 0.733. The Balaban J connectivity index is 2.03. The summed E-state index contributed by atoms with van der Waals surface area (Å²) >= 11 is 0. The van der Waals surface area contributed by atoms with Gasteiger partial charge in [-0.15, -0.1) is 0 Å². The zero-order valence-electron chi connectivity index (χ0n) is 12.3. The molecule has 1 saturated carbocycles. The summed E-state index contributed by atoms with van der Waals surface area (Å²) in [7, 11) is 2.14. The first-order valence-corrected chi connectivity index (χ1v) is 6.54. The quantitative estimate of drug-likeness (QED) is 0.850. The Kier molecular flexibility index (Phi) is 2.70. The lowest BCUT2D eigenvalue weighted by molar-refractivity contribution is 0.457. The molecule has 0 bridgehead atoms. The van der Waals surface area contributed by atoms with Crippen molar-refractivity contribution in [3.05, 3.63) is 23.0 Å². The highest BCUT2D eigenvalue weighted by Gasteiger charge is 2.64. The number of hydrogen-bond donors (Lipinski definition) is 1. The Hall–Kier alpha value is -0.760. The minimum absolute atomic E-state index is 0.421. The van der Waals surface area contributed by atoms with Crippen LogP contribution >= 0.6 is 0 Å². The molecule has 17 heavy (non-hydrogen) atoms. The molecule has 0 atom stereocenters. The van der Waals surface area contributed by atoms with Gasteiger partial charge < -0.3 is 9.88 Å². The standard InChI is InChI=1S/C15H26N2/c1-10-8-12(11(2)17(10)7)9-16-13-14(3,4)15(13,5)6/h8,13,16H,9H2,1-7H3. The second-order valence-corrected chi connectivity index (χ2v) is 6.71. The lowest BCUT2D eigenvalue weighted by atomic mass is 10.0. The van der Waals surface area contributed by atoms with E-state index in [1.54, 1.807) is 0 Å². The molecule has 1 aliphatic rings. The molecule has 96 valence electrons. The van der Waals surface area contributed by atoms with Gasteiger partial charge in [-0.3, -0.25) is 0 Å². The molecule has 1 N–H and O–H groups in total. The van der Waals surface area contributed by atoms with Crippen LogP contribution < -0.4 is 5.32 Å². The van der Waals surface area contributed by atoms with Gasteiger partial charge in [-0.2, -0.15) is 0 Å². The van der Waals surface area contributed by atoms with E-state index in [0.29, 0.717) is 16.9 Å². The molecule has 0 aliphatic heterocycles. The molecule has 2 heteroatoms. The van der Waals surface area contributed by atoms with Gasteiger partial charge in [-0.25, -0.2) is 0 Å². The van der Waals surface area contributed by atoms with Gasteiger partial charge in [0.25, 0.3) is 0 Å². The van der Waals surface area contributed by atoms with Crippen molar-refractivity contribution in [1.82, 2.24) is 9.88 Å². The van der Waals surface area contributed by atoms with Crippen molar-refractivity contribution in [2.24, 2.45) is 17.9 Å². The van der Waals surface area contributed by atoms with Crippen molar-refractivity contribution in [2.45, 2.75) is 54.1 Å². The first-order valence-electron chi connectivity index (χ1n) is 6.54. The van der Waals surface area contributed by atoms with E-state index in [0.717, 1.165) is 6.54 Å². The number of aromatic nitrogens is 1. The van der Waals surface area contributed by atoms with Gasteiger partial charge in [-0.1, -0.05) is 27.7 Å². The van der Waals surface area contributed by atoms with E-state index in [1.165, 1.54) is 17.0 Å². The summed E-state index contributed by atoms with van der Waals surface area (Å²) in [6.45, 7) is 14.8. The SMILES string of the molecule is Cc1cc(CNC2C(C)(C)C2(C)C)c(C)n1C. The first-order chi connectivity index (χ1) is 7.69. The summed E-state index contributed by atoms with van der Waals surface area (Å²) in [5.74, 6) is 0. The molecule has 2 nitrogen and oxygen atoms in total. The smallest absolute Gasteiger partial charge is 0.0226 e. The summed E-state index contributed by atoms with van der Waals surface area (Å²) in [6.07, 6.45) is 0. The van der Waals surface area contributed by atoms with Crippen LogP contribution in [0.5, 0.6) is 0 Å². The molecule has 1 fully saturated rings. The summed E-state index contributed by atoms with van der Waals surface area (Å²) in [5, 5.41) is 3.72. The van der Waals surface area contributed by atoms with Crippen molar-refractivity contribution in [3.63, 3.8) is 0 Å². The highest BCUT2D eigenvalue weighted by molar-refractivity contribution is 5.27. The number of nitrogens with zero attached hydrogens (tertiary/aromatic N) is 1. The first kappa shape index (κ1) is 12.7. The number of nitrogens with one attached hydrogen (secondary N) is 1. The molecule has 1 heterocycles. The summed E-state index contributed by atoms with van der Waals surface area (Å²) in [6, 6.07) is 2.93. The number of rotatable bonds is 3. The average Bonchev–Trinajstić information content (AvgIpc) is 2.46. The van der Waals surface area contributed by atoms with Gasteiger partial charge >= 0.3 is 0 Å². The summed E-state index contributed by atoms with van der Waals surface area (Å²) in [4.78, 5) is 0. The minimum Gasteiger partial charge on any atom is -0.352 e.